The Labute approximate surface area is 148 Å². The standard InChI is InChI=1S/C16H20Br2N4/c17-15(21-9-5-13(19)6-10-21)3-1-2-4-16(18)22-11-7-14(20)8-12-22/h5-12,15-16,19-20H,1-4H2/p+2. The van der Waals surface area contributed by atoms with Crippen LogP contribution in [0.1, 0.15) is 35.6 Å². The van der Waals surface area contributed by atoms with Crippen LogP contribution in [0.4, 0.5) is 11.4 Å². The summed E-state index contributed by atoms with van der Waals surface area (Å²) in [7, 11) is 0. The number of anilines is 2. The predicted octanol–water partition coefficient (Wildman–Crippen LogP) is 3.47. The molecule has 0 spiro atoms. The van der Waals surface area contributed by atoms with Crippen LogP contribution in [0.2, 0.25) is 0 Å². The maximum atomic E-state index is 5.70. The second-order valence-electron chi connectivity index (χ2n) is 5.31. The Morgan fingerprint density at radius 1 is 0.727 bits per heavy atom. The Hall–Kier alpha value is -1.14. The fraction of sp³-hybridized carbons (Fsp3) is 0.375. The number of aromatic nitrogens is 2. The van der Waals surface area contributed by atoms with Crippen LogP contribution in [-0.4, -0.2) is 0 Å². The third-order valence-corrected chi connectivity index (χ3v) is 5.40. The molecular formula is C16H22Br2N4+2. The van der Waals surface area contributed by atoms with Crippen molar-refractivity contribution in [2.75, 3.05) is 11.5 Å². The van der Waals surface area contributed by atoms with Crippen LogP contribution in [0.5, 0.6) is 0 Å². The Morgan fingerprint density at radius 3 is 1.36 bits per heavy atom. The molecule has 2 aromatic heterocycles. The molecule has 22 heavy (non-hydrogen) atoms. The first-order valence-corrected chi connectivity index (χ1v) is 9.20. The molecule has 118 valence electrons. The zero-order valence-corrected chi connectivity index (χ0v) is 15.6. The summed E-state index contributed by atoms with van der Waals surface area (Å²) in [6.07, 6.45) is 12.5. The fourth-order valence-corrected chi connectivity index (χ4v) is 3.39. The number of nitrogen functional groups attached to an aromatic ring is 2. The van der Waals surface area contributed by atoms with Crippen LogP contribution in [0.15, 0.2) is 49.1 Å². The van der Waals surface area contributed by atoms with Gasteiger partial charge in [0, 0.05) is 48.5 Å². The fourth-order valence-electron chi connectivity index (χ4n) is 2.20. The van der Waals surface area contributed by atoms with E-state index >= 15 is 0 Å². The van der Waals surface area contributed by atoms with Crippen molar-refractivity contribution in [3.8, 4) is 0 Å². The van der Waals surface area contributed by atoms with E-state index in [9.17, 15) is 0 Å². The second-order valence-corrected chi connectivity index (χ2v) is 7.42. The lowest BCUT2D eigenvalue weighted by molar-refractivity contribution is -0.699. The van der Waals surface area contributed by atoms with Gasteiger partial charge in [-0.2, -0.15) is 9.13 Å². The number of rotatable bonds is 7. The molecule has 2 atom stereocenters. The summed E-state index contributed by atoms with van der Waals surface area (Å²) in [5.74, 6) is 0. The average molecular weight is 430 g/mol. The highest BCUT2D eigenvalue weighted by Gasteiger charge is 2.16. The van der Waals surface area contributed by atoms with Crippen molar-refractivity contribution in [2.45, 2.75) is 35.6 Å². The number of hydrogen-bond donors (Lipinski definition) is 2. The van der Waals surface area contributed by atoms with Gasteiger partial charge in [0.25, 0.3) is 0 Å². The lowest BCUT2D eigenvalue weighted by Crippen LogP contribution is -2.35. The average Bonchev–Trinajstić information content (AvgIpc) is 2.52. The van der Waals surface area contributed by atoms with Crippen molar-refractivity contribution in [3.63, 3.8) is 0 Å². The third-order valence-electron chi connectivity index (χ3n) is 3.54. The van der Waals surface area contributed by atoms with Crippen molar-refractivity contribution in [2.24, 2.45) is 0 Å². The number of nitrogens with two attached hydrogens (primary N) is 2. The molecule has 0 bridgehead atoms. The van der Waals surface area contributed by atoms with Crippen LogP contribution in [0, 0.1) is 0 Å². The van der Waals surface area contributed by atoms with Gasteiger partial charge in [0.15, 0.2) is 24.8 Å². The molecule has 0 fully saturated rings. The van der Waals surface area contributed by atoms with Gasteiger partial charge >= 0.3 is 0 Å². The Balaban J connectivity index is 1.72. The van der Waals surface area contributed by atoms with Gasteiger partial charge < -0.3 is 11.5 Å². The van der Waals surface area contributed by atoms with Crippen molar-refractivity contribution < 1.29 is 9.13 Å². The normalized spacial score (nSPS) is 13.7. The van der Waals surface area contributed by atoms with Crippen LogP contribution in [0.25, 0.3) is 0 Å². The number of nitrogens with zero attached hydrogens (tertiary/aromatic N) is 2. The number of hydrogen-bond acceptors (Lipinski definition) is 2. The molecule has 0 aliphatic rings. The molecule has 0 amide bonds. The first-order chi connectivity index (χ1) is 10.6. The van der Waals surface area contributed by atoms with Crippen molar-refractivity contribution in [1.29, 1.82) is 0 Å². The van der Waals surface area contributed by atoms with Crippen LogP contribution >= 0.6 is 31.9 Å². The van der Waals surface area contributed by atoms with Crippen molar-refractivity contribution >= 4 is 43.2 Å². The van der Waals surface area contributed by atoms with E-state index in [-0.39, 0.29) is 0 Å². The number of unbranched alkanes of at least 4 members (excludes halogenated alkanes) is 1. The number of alkyl halides is 2. The van der Waals surface area contributed by atoms with Crippen LogP contribution < -0.4 is 20.6 Å². The minimum Gasteiger partial charge on any atom is -0.398 e. The van der Waals surface area contributed by atoms with E-state index < -0.39 is 0 Å². The lowest BCUT2D eigenvalue weighted by Gasteiger charge is -2.07. The molecule has 4 N–H and O–H groups in total. The molecule has 0 radical (unpaired) electrons. The summed E-state index contributed by atoms with van der Waals surface area (Å²) in [5.41, 5.74) is 13.0. The van der Waals surface area contributed by atoms with E-state index in [2.05, 4.69) is 41.0 Å². The van der Waals surface area contributed by atoms with Gasteiger partial charge in [-0.1, -0.05) is 0 Å². The molecule has 0 aromatic carbocycles. The SMILES string of the molecule is Nc1cc[n+](C(Br)CCCCC(Br)[n+]2ccc(N)cc2)cc1. The van der Waals surface area contributed by atoms with Crippen LogP contribution in [-0.2, 0) is 0 Å². The zero-order valence-electron chi connectivity index (χ0n) is 12.4. The molecule has 4 nitrogen and oxygen atoms in total. The number of halogens is 2. The van der Waals surface area contributed by atoms with Gasteiger partial charge in [-0.3, -0.25) is 0 Å². The van der Waals surface area contributed by atoms with E-state index in [0.717, 1.165) is 37.1 Å². The summed E-state index contributed by atoms with van der Waals surface area (Å²) in [5, 5.41) is 0. The second kappa shape index (κ2) is 8.48. The van der Waals surface area contributed by atoms with Gasteiger partial charge in [0.1, 0.15) is 0 Å². The summed E-state index contributed by atoms with van der Waals surface area (Å²) < 4.78 is 4.27. The van der Waals surface area contributed by atoms with Crippen LogP contribution in [0.3, 0.4) is 0 Å². The predicted molar refractivity (Wildman–Crippen MR) is 96.5 cm³/mol. The van der Waals surface area contributed by atoms with E-state index in [0.29, 0.717) is 9.90 Å². The third kappa shape index (κ3) is 5.25. The molecular weight excluding hydrogens is 408 g/mol. The molecule has 0 aliphatic heterocycles. The molecule has 2 aromatic rings. The summed E-state index contributed by atoms with van der Waals surface area (Å²) in [6.45, 7) is 0. The lowest BCUT2D eigenvalue weighted by atomic mass is 10.2. The molecule has 2 unspecified atom stereocenters. The topological polar surface area (TPSA) is 59.8 Å². The molecule has 6 heteroatoms. The highest BCUT2D eigenvalue weighted by molar-refractivity contribution is 9.09. The maximum absolute atomic E-state index is 5.70. The smallest absolute Gasteiger partial charge is 0.211 e. The largest absolute Gasteiger partial charge is 0.398 e. The Morgan fingerprint density at radius 2 is 1.05 bits per heavy atom. The molecule has 0 aliphatic carbocycles. The highest BCUT2D eigenvalue weighted by Crippen LogP contribution is 2.21. The zero-order chi connectivity index (χ0) is 15.9. The minimum atomic E-state index is 0.311. The van der Waals surface area contributed by atoms with E-state index in [1.165, 1.54) is 0 Å². The highest BCUT2D eigenvalue weighted by atomic mass is 79.9. The van der Waals surface area contributed by atoms with Crippen molar-refractivity contribution in [1.82, 2.24) is 0 Å². The molecule has 2 rings (SSSR count). The first kappa shape index (κ1) is 17.2. The molecule has 0 saturated heterocycles. The quantitative estimate of drug-likeness (QED) is 0.402. The van der Waals surface area contributed by atoms with Crippen molar-refractivity contribution in [3.05, 3.63) is 49.1 Å². The summed E-state index contributed by atoms with van der Waals surface area (Å²) in [6, 6.07) is 7.67. The first-order valence-electron chi connectivity index (χ1n) is 7.37. The van der Waals surface area contributed by atoms with Gasteiger partial charge in [-0.05, 0) is 44.7 Å². The molecule has 2 heterocycles. The maximum Gasteiger partial charge on any atom is 0.211 e. The van der Waals surface area contributed by atoms with Gasteiger partial charge in [-0.25, -0.2) is 0 Å². The number of pyridine rings is 2. The summed E-state index contributed by atoms with van der Waals surface area (Å²) >= 11 is 7.44. The molecule has 0 saturated carbocycles. The Kier molecular flexibility index (Phi) is 6.64. The minimum absolute atomic E-state index is 0.311. The van der Waals surface area contributed by atoms with Gasteiger partial charge in [0.2, 0.25) is 9.90 Å². The monoisotopic (exact) mass is 428 g/mol. The summed E-state index contributed by atoms with van der Waals surface area (Å²) in [4.78, 5) is 0.622. The van der Waals surface area contributed by atoms with E-state index in [1.54, 1.807) is 0 Å². The van der Waals surface area contributed by atoms with Gasteiger partial charge in [-0.15, -0.1) is 0 Å². The van der Waals surface area contributed by atoms with E-state index in [4.69, 9.17) is 11.5 Å². The Bertz CT molecular complexity index is 518. The van der Waals surface area contributed by atoms with Gasteiger partial charge in [0.05, 0.1) is 0 Å². The van der Waals surface area contributed by atoms with E-state index in [1.807, 2.05) is 49.1 Å².